The van der Waals surface area contributed by atoms with E-state index in [-0.39, 0.29) is 17.9 Å². The Labute approximate surface area is 110 Å². The van der Waals surface area contributed by atoms with Gasteiger partial charge in [-0.2, -0.15) is 0 Å². The van der Waals surface area contributed by atoms with Gasteiger partial charge in [-0.15, -0.1) is 0 Å². The summed E-state index contributed by atoms with van der Waals surface area (Å²) in [6.07, 6.45) is 1.07. The molecule has 18 heavy (non-hydrogen) atoms. The smallest absolute Gasteiger partial charge is 0.253 e. The van der Waals surface area contributed by atoms with Crippen molar-refractivity contribution >= 4 is 29.1 Å². The van der Waals surface area contributed by atoms with Crippen LogP contribution in [-0.2, 0) is 4.79 Å². The minimum absolute atomic E-state index is 0.0195. The Hall–Kier alpha value is -1.75. The Balaban J connectivity index is 2.01. The number of carbonyl (C=O) groups excluding carboxylic acids is 2. The van der Waals surface area contributed by atoms with E-state index in [9.17, 15) is 9.59 Å². The number of amides is 2. The largest absolute Gasteiger partial charge is 0.399 e. The lowest BCUT2D eigenvalue weighted by Gasteiger charge is -2.23. The summed E-state index contributed by atoms with van der Waals surface area (Å²) in [5.41, 5.74) is 6.47. The van der Waals surface area contributed by atoms with Gasteiger partial charge in [0.2, 0.25) is 5.91 Å². The van der Waals surface area contributed by atoms with Crippen molar-refractivity contribution in [3.05, 3.63) is 28.8 Å². The van der Waals surface area contributed by atoms with Crippen molar-refractivity contribution < 1.29 is 9.59 Å². The minimum Gasteiger partial charge on any atom is -0.399 e. The van der Waals surface area contributed by atoms with Gasteiger partial charge >= 0.3 is 0 Å². The topological polar surface area (TPSA) is 84.2 Å². The van der Waals surface area contributed by atoms with Crippen molar-refractivity contribution in [2.75, 3.05) is 12.3 Å². The molecule has 0 bridgehead atoms. The monoisotopic (exact) mass is 267 g/mol. The number of anilines is 1. The summed E-state index contributed by atoms with van der Waals surface area (Å²) in [6.45, 7) is 0.456. The minimum atomic E-state index is -0.249. The van der Waals surface area contributed by atoms with Crippen molar-refractivity contribution in [3.63, 3.8) is 0 Å². The number of nitrogens with one attached hydrogen (secondary N) is 2. The zero-order valence-electron chi connectivity index (χ0n) is 9.70. The van der Waals surface area contributed by atoms with Crippen LogP contribution in [0.4, 0.5) is 5.69 Å². The molecule has 4 N–H and O–H groups in total. The van der Waals surface area contributed by atoms with Gasteiger partial charge in [0.1, 0.15) is 0 Å². The third-order valence-electron chi connectivity index (χ3n) is 2.84. The molecule has 1 saturated heterocycles. The van der Waals surface area contributed by atoms with E-state index in [0.29, 0.717) is 35.7 Å². The molecule has 1 unspecified atom stereocenters. The quantitative estimate of drug-likeness (QED) is 0.697. The van der Waals surface area contributed by atoms with Crippen molar-refractivity contribution in [3.8, 4) is 0 Å². The molecule has 96 valence electrons. The Morgan fingerprint density at radius 2 is 2.28 bits per heavy atom. The van der Waals surface area contributed by atoms with Crippen LogP contribution in [0.3, 0.4) is 0 Å². The maximum Gasteiger partial charge on any atom is 0.253 e. The summed E-state index contributed by atoms with van der Waals surface area (Å²) in [7, 11) is 0. The first kappa shape index (κ1) is 12.7. The number of hydrogen-bond acceptors (Lipinski definition) is 3. The third-order valence-corrected chi connectivity index (χ3v) is 3.15. The molecule has 1 aromatic rings. The molecule has 5 nitrogen and oxygen atoms in total. The number of halogens is 1. The summed E-state index contributed by atoms with van der Waals surface area (Å²) in [5, 5.41) is 5.87. The fourth-order valence-electron chi connectivity index (χ4n) is 1.83. The van der Waals surface area contributed by atoms with E-state index < -0.39 is 0 Å². The number of hydrogen-bond donors (Lipinski definition) is 3. The molecule has 1 aliphatic rings. The summed E-state index contributed by atoms with van der Waals surface area (Å²) in [4.78, 5) is 23.0. The van der Waals surface area contributed by atoms with Gasteiger partial charge in [-0.05, 0) is 24.6 Å². The van der Waals surface area contributed by atoms with Crippen LogP contribution in [-0.4, -0.2) is 24.4 Å². The molecule has 2 amide bonds. The summed E-state index contributed by atoms with van der Waals surface area (Å²) < 4.78 is 0. The zero-order valence-corrected chi connectivity index (χ0v) is 10.5. The Morgan fingerprint density at radius 3 is 2.89 bits per heavy atom. The first-order valence-electron chi connectivity index (χ1n) is 5.69. The summed E-state index contributed by atoms with van der Waals surface area (Å²) in [5.74, 6) is -0.229. The molecule has 1 heterocycles. The molecule has 0 radical (unpaired) electrons. The fraction of sp³-hybridized carbons (Fsp3) is 0.333. The van der Waals surface area contributed by atoms with Crippen molar-refractivity contribution in [2.45, 2.75) is 18.9 Å². The van der Waals surface area contributed by atoms with Crippen LogP contribution in [0.1, 0.15) is 23.2 Å². The SMILES string of the molecule is Nc1ccc(C(=O)NC2CCC(=O)NC2)c(Cl)c1. The maximum absolute atomic E-state index is 12.0. The van der Waals surface area contributed by atoms with Gasteiger partial charge in [0.15, 0.2) is 0 Å². The molecular weight excluding hydrogens is 254 g/mol. The summed E-state index contributed by atoms with van der Waals surface area (Å²) in [6, 6.07) is 4.71. The number of benzene rings is 1. The number of nitrogens with two attached hydrogens (primary N) is 1. The average Bonchev–Trinajstić information content (AvgIpc) is 2.32. The van der Waals surface area contributed by atoms with Crippen LogP contribution in [0, 0.1) is 0 Å². The van der Waals surface area contributed by atoms with E-state index in [1.807, 2.05) is 0 Å². The second kappa shape index (κ2) is 5.27. The molecule has 1 atom stereocenters. The van der Waals surface area contributed by atoms with E-state index in [1.165, 1.54) is 0 Å². The zero-order chi connectivity index (χ0) is 13.1. The normalized spacial score (nSPS) is 19.2. The van der Waals surface area contributed by atoms with Gasteiger partial charge in [-0.3, -0.25) is 9.59 Å². The Bertz CT molecular complexity index is 480. The Kier molecular flexibility index (Phi) is 3.72. The number of carbonyl (C=O) groups is 2. The highest BCUT2D eigenvalue weighted by Gasteiger charge is 2.21. The van der Waals surface area contributed by atoms with E-state index in [2.05, 4.69) is 10.6 Å². The highest BCUT2D eigenvalue weighted by molar-refractivity contribution is 6.34. The van der Waals surface area contributed by atoms with E-state index >= 15 is 0 Å². The van der Waals surface area contributed by atoms with Crippen LogP contribution in [0.5, 0.6) is 0 Å². The fourth-order valence-corrected chi connectivity index (χ4v) is 2.11. The van der Waals surface area contributed by atoms with Gasteiger partial charge in [0, 0.05) is 24.7 Å². The molecule has 1 fully saturated rings. The second-order valence-corrected chi connectivity index (χ2v) is 4.66. The predicted octanol–water partition coefficient (Wildman–Crippen LogP) is 0.931. The molecule has 6 heteroatoms. The van der Waals surface area contributed by atoms with Crippen LogP contribution < -0.4 is 16.4 Å². The maximum atomic E-state index is 12.0. The highest BCUT2D eigenvalue weighted by Crippen LogP contribution is 2.19. The number of nitrogen functional groups attached to an aromatic ring is 1. The predicted molar refractivity (Wildman–Crippen MR) is 69.4 cm³/mol. The molecule has 2 rings (SSSR count). The van der Waals surface area contributed by atoms with Gasteiger partial charge in [-0.1, -0.05) is 11.6 Å². The molecule has 1 aliphatic heterocycles. The lowest BCUT2D eigenvalue weighted by Crippen LogP contribution is -2.47. The Morgan fingerprint density at radius 1 is 1.50 bits per heavy atom. The molecular formula is C12H14ClN3O2. The van der Waals surface area contributed by atoms with Crippen LogP contribution >= 0.6 is 11.6 Å². The van der Waals surface area contributed by atoms with Gasteiger partial charge in [0.25, 0.3) is 5.91 Å². The molecule has 0 saturated carbocycles. The van der Waals surface area contributed by atoms with Crippen LogP contribution in [0.25, 0.3) is 0 Å². The number of rotatable bonds is 2. The van der Waals surface area contributed by atoms with Gasteiger partial charge in [-0.25, -0.2) is 0 Å². The van der Waals surface area contributed by atoms with Crippen molar-refractivity contribution in [1.82, 2.24) is 10.6 Å². The first-order chi connectivity index (χ1) is 8.56. The molecule has 0 aromatic heterocycles. The number of piperidine rings is 1. The van der Waals surface area contributed by atoms with Gasteiger partial charge in [0.05, 0.1) is 10.6 Å². The van der Waals surface area contributed by atoms with Gasteiger partial charge < -0.3 is 16.4 Å². The van der Waals surface area contributed by atoms with Crippen molar-refractivity contribution in [1.29, 1.82) is 0 Å². The molecule has 0 spiro atoms. The lowest BCUT2D eigenvalue weighted by atomic mass is 10.1. The van der Waals surface area contributed by atoms with Crippen molar-refractivity contribution in [2.24, 2.45) is 0 Å². The standard InChI is InChI=1S/C12H14ClN3O2/c13-10-5-7(14)1-3-9(10)12(18)16-8-2-4-11(17)15-6-8/h1,3,5,8H,2,4,6,14H2,(H,15,17)(H,16,18). The van der Waals surface area contributed by atoms with Crippen LogP contribution in [0.15, 0.2) is 18.2 Å². The summed E-state index contributed by atoms with van der Waals surface area (Å²) >= 11 is 5.95. The average molecular weight is 268 g/mol. The van der Waals surface area contributed by atoms with E-state index in [1.54, 1.807) is 18.2 Å². The third kappa shape index (κ3) is 2.92. The second-order valence-electron chi connectivity index (χ2n) is 4.25. The highest BCUT2D eigenvalue weighted by atomic mass is 35.5. The van der Waals surface area contributed by atoms with Crippen LogP contribution in [0.2, 0.25) is 5.02 Å². The first-order valence-corrected chi connectivity index (χ1v) is 6.06. The molecule has 1 aromatic carbocycles. The van der Waals surface area contributed by atoms with E-state index in [0.717, 1.165) is 0 Å². The lowest BCUT2D eigenvalue weighted by molar-refractivity contribution is -0.122. The van der Waals surface area contributed by atoms with E-state index in [4.69, 9.17) is 17.3 Å². The molecule has 0 aliphatic carbocycles.